The number of hydrogen-bond donors (Lipinski definition) is 1. The summed E-state index contributed by atoms with van der Waals surface area (Å²) in [7, 11) is 0. The van der Waals surface area contributed by atoms with Crippen LogP contribution >= 0.6 is 23.2 Å². The number of halogens is 2. The summed E-state index contributed by atoms with van der Waals surface area (Å²) in [6, 6.07) is 7.70. The first-order chi connectivity index (χ1) is 15.4. The van der Waals surface area contributed by atoms with Crippen molar-refractivity contribution in [2.45, 2.75) is 50.6 Å². The van der Waals surface area contributed by atoms with E-state index in [1.807, 2.05) is 39.8 Å². The minimum absolute atomic E-state index is 0.105. The van der Waals surface area contributed by atoms with Gasteiger partial charge in [-0.15, -0.1) is 5.10 Å². The molecule has 1 aromatic carbocycles. The van der Waals surface area contributed by atoms with Gasteiger partial charge in [-0.2, -0.15) is 5.10 Å². The fourth-order valence-electron chi connectivity index (χ4n) is 6.77. The maximum absolute atomic E-state index is 13.6. The molecule has 0 spiro atoms. The van der Waals surface area contributed by atoms with Crippen molar-refractivity contribution in [1.29, 1.82) is 0 Å². The Balaban J connectivity index is 1.21. The molecular formula is C23H24Cl2N6O. The van der Waals surface area contributed by atoms with Crippen LogP contribution in [0, 0.1) is 17.3 Å². The number of nitrogens with zero attached hydrogens (tertiary/aromatic N) is 5. The third kappa shape index (κ3) is 3.42. The minimum Gasteiger partial charge on any atom is -0.323 e. The van der Waals surface area contributed by atoms with E-state index in [2.05, 4.69) is 20.5 Å². The standard InChI is InChI=1S/C23H24Cl2N6O/c24-18-3-1-15(2-4-18)11-30-12-19(10-27-30)28-20(32)22-6-16-5-17(7-22)9-23(8-16,13-22)31-14-26-21(25)29-31/h1-4,10,12,14,16-17H,5-9,11,13H2,(H,28,32). The molecule has 2 unspecified atom stereocenters. The fourth-order valence-corrected chi connectivity index (χ4v) is 7.03. The number of rotatable bonds is 5. The first kappa shape index (κ1) is 20.2. The summed E-state index contributed by atoms with van der Waals surface area (Å²) >= 11 is 12.0. The van der Waals surface area contributed by atoms with Crippen LogP contribution in [0.2, 0.25) is 10.3 Å². The average molecular weight is 471 g/mol. The lowest BCUT2D eigenvalue weighted by atomic mass is 9.46. The lowest BCUT2D eigenvalue weighted by Crippen LogP contribution is -2.60. The summed E-state index contributed by atoms with van der Waals surface area (Å²) in [5, 5.41) is 13.0. The van der Waals surface area contributed by atoms with Gasteiger partial charge in [0.2, 0.25) is 11.2 Å². The van der Waals surface area contributed by atoms with Crippen molar-refractivity contribution in [3.8, 4) is 0 Å². The van der Waals surface area contributed by atoms with E-state index in [1.54, 1.807) is 12.5 Å². The summed E-state index contributed by atoms with van der Waals surface area (Å²) < 4.78 is 3.77. The molecule has 7 nitrogen and oxygen atoms in total. The molecule has 7 rings (SSSR count). The Kier molecular flexibility index (Phi) is 4.63. The van der Waals surface area contributed by atoms with Gasteiger partial charge in [0.25, 0.3) is 0 Å². The van der Waals surface area contributed by atoms with Gasteiger partial charge >= 0.3 is 0 Å². The van der Waals surface area contributed by atoms with E-state index in [0.29, 0.717) is 23.4 Å². The smallest absolute Gasteiger partial charge is 0.242 e. The largest absolute Gasteiger partial charge is 0.323 e. The second-order valence-corrected chi connectivity index (χ2v) is 10.7. The number of anilines is 1. The molecule has 2 heterocycles. The van der Waals surface area contributed by atoms with Crippen LogP contribution in [0.25, 0.3) is 0 Å². The van der Waals surface area contributed by atoms with Crippen molar-refractivity contribution < 1.29 is 4.79 Å². The fraction of sp³-hybridized carbons (Fsp3) is 0.478. The number of amides is 1. The van der Waals surface area contributed by atoms with Crippen LogP contribution in [0.5, 0.6) is 0 Å². The van der Waals surface area contributed by atoms with Crippen LogP contribution in [0.1, 0.15) is 44.1 Å². The quantitative estimate of drug-likeness (QED) is 0.582. The molecule has 1 N–H and O–H groups in total. The number of carbonyl (C=O) groups excluding carboxylic acids is 1. The number of aromatic nitrogens is 5. The van der Waals surface area contributed by atoms with Crippen molar-refractivity contribution in [1.82, 2.24) is 24.5 Å². The summed E-state index contributed by atoms with van der Waals surface area (Å²) in [6.45, 7) is 0.624. The predicted molar refractivity (Wildman–Crippen MR) is 122 cm³/mol. The molecule has 0 radical (unpaired) electrons. The molecule has 1 amide bonds. The van der Waals surface area contributed by atoms with E-state index in [0.717, 1.165) is 43.4 Å². The molecule has 32 heavy (non-hydrogen) atoms. The highest BCUT2D eigenvalue weighted by molar-refractivity contribution is 6.30. The highest BCUT2D eigenvalue weighted by atomic mass is 35.5. The highest BCUT2D eigenvalue weighted by Crippen LogP contribution is 2.64. The van der Waals surface area contributed by atoms with Crippen molar-refractivity contribution in [2.75, 3.05) is 5.32 Å². The van der Waals surface area contributed by atoms with Crippen LogP contribution < -0.4 is 5.32 Å². The summed E-state index contributed by atoms with van der Waals surface area (Å²) in [4.78, 5) is 17.8. The van der Waals surface area contributed by atoms with Gasteiger partial charge in [0, 0.05) is 11.2 Å². The van der Waals surface area contributed by atoms with E-state index in [-0.39, 0.29) is 22.1 Å². The normalized spacial score (nSPS) is 30.6. The first-order valence-corrected chi connectivity index (χ1v) is 11.8. The third-order valence-corrected chi connectivity index (χ3v) is 8.04. The summed E-state index contributed by atoms with van der Waals surface area (Å²) in [5.41, 5.74) is 1.31. The Hall–Kier alpha value is -2.38. The van der Waals surface area contributed by atoms with Crippen molar-refractivity contribution in [3.05, 3.63) is 58.9 Å². The van der Waals surface area contributed by atoms with Gasteiger partial charge in [0.1, 0.15) is 6.33 Å². The summed E-state index contributed by atoms with van der Waals surface area (Å²) in [6.07, 6.45) is 11.3. The minimum atomic E-state index is -0.374. The maximum atomic E-state index is 13.6. The van der Waals surface area contributed by atoms with E-state index < -0.39 is 0 Å². The SMILES string of the molecule is O=C(Nc1cnn(Cc2ccc(Cl)cc2)c1)C12CC3CC(C1)CC(n1cnc(Cl)n1)(C3)C2. The number of carbonyl (C=O) groups is 1. The third-order valence-electron chi connectivity index (χ3n) is 7.61. The second-order valence-electron chi connectivity index (χ2n) is 9.93. The van der Waals surface area contributed by atoms with Crippen molar-refractivity contribution >= 4 is 34.8 Å². The van der Waals surface area contributed by atoms with Gasteiger partial charge in [-0.25, -0.2) is 9.67 Å². The van der Waals surface area contributed by atoms with E-state index in [1.165, 1.54) is 6.42 Å². The van der Waals surface area contributed by atoms with Crippen LogP contribution in [0.15, 0.2) is 43.0 Å². The predicted octanol–water partition coefficient (Wildman–Crippen LogP) is 4.76. The van der Waals surface area contributed by atoms with E-state index in [9.17, 15) is 4.79 Å². The number of benzene rings is 1. The lowest BCUT2D eigenvalue weighted by molar-refractivity contribution is -0.150. The molecule has 0 aliphatic heterocycles. The highest BCUT2D eigenvalue weighted by Gasteiger charge is 2.61. The molecular weight excluding hydrogens is 447 g/mol. The average Bonchev–Trinajstić information content (AvgIpc) is 3.38. The Morgan fingerprint density at radius 1 is 1.12 bits per heavy atom. The van der Waals surface area contributed by atoms with Gasteiger partial charge in [-0.3, -0.25) is 9.48 Å². The van der Waals surface area contributed by atoms with Gasteiger partial charge in [0.05, 0.1) is 29.4 Å². The van der Waals surface area contributed by atoms with Gasteiger partial charge in [0.15, 0.2) is 0 Å². The second kappa shape index (κ2) is 7.32. The van der Waals surface area contributed by atoms with E-state index >= 15 is 0 Å². The van der Waals surface area contributed by atoms with E-state index in [4.69, 9.17) is 23.2 Å². The Morgan fingerprint density at radius 3 is 2.56 bits per heavy atom. The topological polar surface area (TPSA) is 77.6 Å². The molecule has 4 aliphatic carbocycles. The molecule has 0 saturated heterocycles. The molecule has 3 aromatic rings. The molecule has 4 bridgehead atoms. The van der Waals surface area contributed by atoms with Crippen LogP contribution in [-0.2, 0) is 16.9 Å². The zero-order chi connectivity index (χ0) is 21.9. The zero-order valence-corrected chi connectivity index (χ0v) is 19.1. The Labute approximate surface area is 196 Å². The van der Waals surface area contributed by atoms with Crippen LogP contribution in [-0.4, -0.2) is 30.5 Å². The molecule has 4 aliphatic rings. The lowest BCUT2D eigenvalue weighted by Gasteiger charge is -2.60. The molecule has 9 heteroatoms. The van der Waals surface area contributed by atoms with Gasteiger partial charge in [-0.05, 0) is 79.7 Å². The molecule has 166 valence electrons. The van der Waals surface area contributed by atoms with Crippen LogP contribution in [0.4, 0.5) is 5.69 Å². The zero-order valence-electron chi connectivity index (χ0n) is 17.5. The Morgan fingerprint density at radius 2 is 1.88 bits per heavy atom. The molecule has 4 saturated carbocycles. The Bertz CT molecular complexity index is 1160. The first-order valence-electron chi connectivity index (χ1n) is 11.1. The number of hydrogen-bond acceptors (Lipinski definition) is 4. The molecule has 2 aromatic heterocycles. The molecule has 2 atom stereocenters. The molecule has 4 fully saturated rings. The monoisotopic (exact) mass is 470 g/mol. The van der Waals surface area contributed by atoms with Gasteiger partial charge < -0.3 is 5.32 Å². The maximum Gasteiger partial charge on any atom is 0.242 e. The van der Waals surface area contributed by atoms with Crippen molar-refractivity contribution in [2.24, 2.45) is 17.3 Å². The van der Waals surface area contributed by atoms with Crippen LogP contribution in [0.3, 0.4) is 0 Å². The number of nitrogens with one attached hydrogen (secondary N) is 1. The summed E-state index contributed by atoms with van der Waals surface area (Å²) in [5.74, 6) is 1.18. The van der Waals surface area contributed by atoms with Crippen molar-refractivity contribution in [3.63, 3.8) is 0 Å². The van der Waals surface area contributed by atoms with Gasteiger partial charge in [-0.1, -0.05) is 23.7 Å².